The van der Waals surface area contributed by atoms with Crippen molar-refractivity contribution >= 4 is 0 Å². The minimum Gasteiger partial charge on any atom is -0.381 e. The number of pyridine rings is 2. The molecule has 0 N–H and O–H groups in total. The van der Waals surface area contributed by atoms with Crippen LogP contribution in [0.4, 0.5) is 0 Å². The van der Waals surface area contributed by atoms with Crippen LogP contribution in [-0.4, -0.2) is 23.2 Å². The van der Waals surface area contributed by atoms with E-state index in [0.29, 0.717) is 0 Å². The molecule has 17 heavy (non-hydrogen) atoms. The maximum atomic E-state index is 5.60. The van der Waals surface area contributed by atoms with Gasteiger partial charge in [-0.1, -0.05) is 0 Å². The van der Waals surface area contributed by atoms with Crippen LogP contribution in [0.25, 0.3) is 0 Å². The van der Waals surface area contributed by atoms with E-state index in [4.69, 9.17) is 4.74 Å². The van der Waals surface area contributed by atoms with E-state index in [0.717, 1.165) is 26.1 Å². The average molecular weight is 228 g/mol. The fourth-order valence-corrected chi connectivity index (χ4v) is 1.58. The number of hydrogen-bond acceptors (Lipinski definition) is 3. The Morgan fingerprint density at radius 3 is 1.53 bits per heavy atom. The predicted octanol–water partition coefficient (Wildman–Crippen LogP) is 2.28. The van der Waals surface area contributed by atoms with Crippen molar-refractivity contribution in [3.8, 4) is 0 Å². The summed E-state index contributed by atoms with van der Waals surface area (Å²) in [5.74, 6) is 0. The molecule has 0 aromatic carbocycles. The van der Waals surface area contributed by atoms with Gasteiger partial charge in [0.05, 0.1) is 13.2 Å². The quantitative estimate of drug-likeness (QED) is 0.711. The lowest BCUT2D eigenvalue weighted by molar-refractivity contribution is 0.140. The Bertz CT molecular complexity index is 375. The smallest absolute Gasteiger partial charge is 0.0506 e. The van der Waals surface area contributed by atoms with E-state index in [1.54, 1.807) is 0 Å². The van der Waals surface area contributed by atoms with Crippen LogP contribution >= 0.6 is 0 Å². The van der Waals surface area contributed by atoms with Crippen LogP contribution in [0.1, 0.15) is 11.1 Å². The largest absolute Gasteiger partial charge is 0.381 e. The third-order valence-corrected chi connectivity index (χ3v) is 2.57. The van der Waals surface area contributed by atoms with Gasteiger partial charge in [0.15, 0.2) is 0 Å². The van der Waals surface area contributed by atoms with Gasteiger partial charge < -0.3 is 4.74 Å². The molecule has 2 heterocycles. The van der Waals surface area contributed by atoms with E-state index in [2.05, 4.69) is 9.97 Å². The molecule has 0 bridgehead atoms. The molecule has 88 valence electrons. The normalized spacial score (nSPS) is 10.4. The number of hydrogen-bond donors (Lipinski definition) is 0. The summed E-state index contributed by atoms with van der Waals surface area (Å²) in [6.45, 7) is 1.52. The van der Waals surface area contributed by atoms with Crippen molar-refractivity contribution in [3.05, 3.63) is 60.2 Å². The van der Waals surface area contributed by atoms with Crippen LogP contribution in [0, 0.1) is 0 Å². The number of ether oxygens (including phenoxy) is 1. The minimum atomic E-state index is 0.759. The second kappa shape index (κ2) is 6.76. The summed E-state index contributed by atoms with van der Waals surface area (Å²) < 4.78 is 5.60. The van der Waals surface area contributed by atoms with Crippen LogP contribution < -0.4 is 0 Å². The van der Waals surface area contributed by atoms with Crippen LogP contribution in [0.5, 0.6) is 0 Å². The zero-order chi connectivity index (χ0) is 11.8. The summed E-state index contributed by atoms with van der Waals surface area (Å²) in [6.07, 6.45) is 9.13. The predicted molar refractivity (Wildman–Crippen MR) is 66.7 cm³/mol. The van der Waals surface area contributed by atoms with Gasteiger partial charge in [0.1, 0.15) is 0 Å². The first-order chi connectivity index (χ1) is 8.45. The van der Waals surface area contributed by atoms with E-state index >= 15 is 0 Å². The first kappa shape index (κ1) is 11.7. The molecule has 2 aromatic heterocycles. The molecule has 0 saturated heterocycles. The highest BCUT2D eigenvalue weighted by Gasteiger charge is 1.94. The Hall–Kier alpha value is -1.74. The molecule has 0 spiro atoms. The second-order valence-corrected chi connectivity index (χ2v) is 3.82. The van der Waals surface area contributed by atoms with Crippen molar-refractivity contribution < 1.29 is 4.74 Å². The maximum Gasteiger partial charge on any atom is 0.0506 e. The average Bonchev–Trinajstić information content (AvgIpc) is 2.41. The van der Waals surface area contributed by atoms with Gasteiger partial charge in [0.25, 0.3) is 0 Å². The molecule has 2 aromatic rings. The van der Waals surface area contributed by atoms with E-state index in [1.165, 1.54) is 11.1 Å². The van der Waals surface area contributed by atoms with Crippen LogP contribution in [0.2, 0.25) is 0 Å². The number of rotatable bonds is 6. The summed E-state index contributed by atoms with van der Waals surface area (Å²) in [6, 6.07) is 8.08. The van der Waals surface area contributed by atoms with Gasteiger partial charge in [0, 0.05) is 24.8 Å². The van der Waals surface area contributed by atoms with Crippen molar-refractivity contribution in [1.29, 1.82) is 0 Å². The lowest BCUT2D eigenvalue weighted by Crippen LogP contribution is -2.02. The first-order valence-corrected chi connectivity index (χ1v) is 5.81. The van der Waals surface area contributed by atoms with Crippen molar-refractivity contribution in [1.82, 2.24) is 9.97 Å². The van der Waals surface area contributed by atoms with Gasteiger partial charge >= 0.3 is 0 Å². The minimum absolute atomic E-state index is 0.759. The number of aromatic nitrogens is 2. The summed E-state index contributed by atoms with van der Waals surface area (Å²) in [5, 5.41) is 0. The molecule has 0 unspecified atom stereocenters. The fraction of sp³-hybridized carbons (Fsp3) is 0.286. The van der Waals surface area contributed by atoms with Gasteiger partial charge in [0.2, 0.25) is 0 Å². The molecule has 0 fully saturated rings. The van der Waals surface area contributed by atoms with Gasteiger partial charge in [-0.25, -0.2) is 0 Å². The monoisotopic (exact) mass is 228 g/mol. The first-order valence-electron chi connectivity index (χ1n) is 5.81. The van der Waals surface area contributed by atoms with Crippen molar-refractivity contribution in [2.24, 2.45) is 0 Å². The molecule has 3 heteroatoms. The van der Waals surface area contributed by atoms with E-state index in [1.807, 2.05) is 49.1 Å². The molecule has 0 radical (unpaired) electrons. The maximum absolute atomic E-state index is 5.60. The molecule has 2 rings (SSSR count). The topological polar surface area (TPSA) is 35.0 Å². The summed E-state index contributed by atoms with van der Waals surface area (Å²) in [4.78, 5) is 7.97. The van der Waals surface area contributed by atoms with E-state index in [-0.39, 0.29) is 0 Å². The Labute approximate surface area is 102 Å². The molecular formula is C14H16N2O. The zero-order valence-electron chi connectivity index (χ0n) is 9.75. The third kappa shape index (κ3) is 4.33. The molecule has 0 atom stereocenters. The highest BCUT2D eigenvalue weighted by atomic mass is 16.5. The van der Waals surface area contributed by atoms with E-state index in [9.17, 15) is 0 Å². The zero-order valence-corrected chi connectivity index (χ0v) is 9.75. The van der Waals surface area contributed by atoms with E-state index < -0.39 is 0 Å². The molecule has 0 aliphatic heterocycles. The second-order valence-electron chi connectivity index (χ2n) is 3.82. The van der Waals surface area contributed by atoms with Crippen molar-refractivity contribution in [3.63, 3.8) is 0 Å². The molecule has 3 nitrogen and oxygen atoms in total. The van der Waals surface area contributed by atoms with Crippen LogP contribution in [0.15, 0.2) is 49.1 Å². The van der Waals surface area contributed by atoms with Crippen LogP contribution in [-0.2, 0) is 17.6 Å². The molecule has 0 amide bonds. The summed E-state index contributed by atoms with van der Waals surface area (Å²) in [7, 11) is 0. The van der Waals surface area contributed by atoms with Crippen molar-refractivity contribution in [2.75, 3.05) is 13.2 Å². The Kier molecular flexibility index (Phi) is 4.67. The highest BCUT2D eigenvalue weighted by molar-refractivity contribution is 5.10. The molecule has 0 aliphatic carbocycles. The Balaban J connectivity index is 1.61. The SMILES string of the molecule is c1cc(CCOCCc2ccncc2)ccn1. The van der Waals surface area contributed by atoms with Gasteiger partial charge in [-0.2, -0.15) is 0 Å². The van der Waals surface area contributed by atoms with Gasteiger partial charge in [-0.15, -0.1) is 0 Å². The Morgan fingerprint density at radius 1 is 0.706 bits per heavy atom. The van der Waals surface area contributed by atoms with Crippen molar-refractivity contribution in [2.45, 2.75) is 12.8 Å². The standard InChI is InChI=1S/C14H16N2O/c1-7-15-8-2-13(1)5-11-17-12-6-14-3-9-16-10-4-14/h1-4,7-10H,5-6,11-12H2. The number of nitrogens with zero attached hydrogens (tertiary/aromatic N) is 2. The summed E-state index contributed by atoms with van der Waals surface area (Å²) >= 11 is 0. The molecular weight excluding hydrogens is 212 g/mol. The van der Waals surface area contributed by atoms with Gasteiger partial charge in [-0.3, -0.25) is 9.97 Å². The molecule has 0 aliphatic rings. The highest BCUT2D eigenvalue weighted by Crippen LogP contribution is 2.00. The molecule has 0 saturated carbocycles. The van der Waals surface area contributed by atoms with Gasteiger partial charge in [-0.05, 0) is 48.2 Å². The Morgan fingerprint density at radius 2 is 1.12 bits per heavy atom. The van der Waals surface area contributed by atoms with Crippen LogP contribution in [0.3, 0.4) is 0 Å². The lowest BCUT2D eigenvalue weighted by Gasteiger charge is -2.04. The third-order valence-electron chi connectivity index (χ3n) is 2.57. The lowest BCUT2D eigenvalue weighted by atomic mass is 10.2. The summed E-state index contributed by atoms with van der Waals surface area (Å²) in [5.41, 5.74) is 2.54. The fourth-order valence-electron chi connectivity index (χ4n) is 1.58.